The van der Waals surface area contributed by atoms with Gasteiger partial charge < -0.3 is 10.4 Å². The smallest absolute Gasteiger partial charge is 0.303 e. The minimum Gasteiger partial charge on any atom is -0.481 e. The second-order valence-electron chi connectivity index (χ2n) is 3.88. The van der Waals surface area contributed by atoms with E-state index in [1.165, 1.54) is 5.56 Å². The molecule has 0 aromatic carbocycles. The van der Waals surface area contributed by atoms with Crippen molar-refractivity contribution in [2.24, 2.45) is 0 Å². The molecule has 1 heterocycles. The maximum atomic E-state index is 10.4. The fourth-order valence-corrected chi connectivity index (χ4v) is 1.38. The van der Waals surface area contributed by atoms with Crippen LogP contribution in [0.25, 0.3) is 0 Å². The Morgan fingerprint density at radius 3 is 2.81 bits per heavy atom. The van der Waals surface area contributed by atoms with Gasteiger partial charge in [-0.05, 0) is 31.4 Å². The van der Waals surface area contributed by atoms with Crippen LogP contribution in [0.15, 0.2) is 18.3 Å². The monoisotopic (exact) mass is 222 g/mol. The first-order valence-corrected chi connectivity index (χ1v) is 5.55. The zero-order valence-electron chi connectivity index (χ0n) is 9.73. The van der Waals surface area contributed by atoms with E-state index in [0.29, 0.717) is 6.42 Å². The molecule has 0 spiro atoms. The summed E-state index contributed by atoms with van der Waals surface area (Å²) in [7, 11) is 0. The molecular formula is C12H18N2O2. The van der Waals surface area contributed by atoms with Crippen molar-refractivity contribution >= 4 is 11.8 Å². The molecule has 0 saturated heterocycles. The first kappa shape index (κ1) is 12.5. The summed E-state index contributed by atoms with van der Waals surface area (Å²) in [5.74, 6) is 0.0398. The number of nitrogens with zero attached hydrogens (tertiary/aromatic N) is 1. The van der Waals surface area contributed by atoms with Gasteiger partial charge in [-0.2, -0.15) is 0 Å². The minimum absolute atomic E-state index is 0.121. The maximum Gasteiger partial charge on any atom is 0.303 e. The highest BCUT2D eigenvalue weighted by molar-refractivity contribution is 5.66. The van der Waals surface area contributed by atoms with Crippen LogP contribution in [0.2, 0.25) is 0 Å². The van der Waals surface area contributed by atoms with E-state index < -0.39 is 5.97 Å². The van der Waals surface area contributed by atoms with Gasteiger partial charge in [-0.3, -0.25) is 4.79 Å². The number of aliphatic carboxylic acids is 1. The Kier molecular flexibility index (Phi) is 4.76. The Morgan fingerprint density at radius 1 is 1.56 bits per heavy atom. The number of hydrogen-bond acceptors (Lipinski definition) is 3. The molecule has 0 saturated carbocycles. The fourth-order valence-electron chi connectivity index (χ4n) is 1.38. The van der Waals surface area contributed by atoms with Crippen LogP contribution in [0.3, 0.4) is 0 Å². The van der Waals surface area contributed by atoms with Gasteiger partial charge in [-0.1, -0.05) is 13.0 Å². The summed E-state index contributed by atoms with van der Waals surface area (Å²) in [5, 5.41) is 11.7. The average Bonchev–Trinajstić information content (AvgIpc) is 2.27. The van der Waals surface area contributed by atoms with Gasteiger partial charge in [0.15, 0.2) is 0 Å². The quantitative estimate of drug-likeness (QED) is 0.775. The summed E-state index contributed by atoms with van der Waals surface area (Å²) in [4.78, 5) is 14.7. The SMILES string of the molecule is CCc1ccc(NC(C)CCC(=O)O)nc1. The second kappa shape index (κ2) is 6.10. The van der Waals surface area contributed by atoms with E-state index in [4.69, 9.17) is 5.11 Å². The van der Waals surface area contributed by atoms with Crippen molar-refractivity contribution in [3.05, 3.63) is 23.9 Å². The lowest BCUT2D eigenvalue weighted by Gasteiger charge is -2.13. The lowest BCUT2D eigenvalue weighted by molar-refractivity contribution is -0.137. The van der Waals surface area contributed by atoms with Crippen LogP contribution in [0.5, 0.6) is 0 Å². The molecule has 0 aliphatic carbocycles. The number of hydrogen-bond donors (Lipinski definition) is 2. The molecule has 1 rings (SSSR count). The summed E-state index contributed by atoms with van der Waals surface area (Å²) >= 11 is 0. The lowest BCUT2D eigenvalue weighted by Crippen LogP contribution is -2.17. The molecule has 2 N–H and O–H groups in total. The van der Waals surface area contributed by atoms with Gasteiger partial charge in [0.1, 0.15) is 5.82 Å². The molecule has 1 aromatic rings. The van der Waals surface area contributed by atoms with Gasteiger partial charge >= 0.3 is 5.97 Å². The number of rotatable bonds is 6. The van der Waals surface area contributed by atoms with Crippen LogP contribution < -0.4 is 5.32 Å². The first-order valence-electron chi connectivity index (χ1n) is 5.55. The number of nitrogens with one attached hydrogen (secondary N) is 1. The standard InChI is InChI=1S/C12H18N2O2/c1-3-10-5-6-11(13-8-10)14-9(2)4-7-12(15)16/h5-6,8-9H,3-4,7H2,1-2H3,(H,13,14)(H,15,16). The highest BCUT2D eigenvalue weighted by Crippen LogP contribution is 2.09. The van der Waals surface area contributed by atoms with E-state index >= 15 is 0 Å². The minimum atomic E-state index is -0.761. The molecule has 1 unspecified atom stereocenters. The second-order valence-corrected chi connectivity index (χ2v) is 3.88. The van der Waals surface area contributed by atoms with E-state index in [2.05, 4.69) is 17.2 Å². The molecule has 0 aliphatic rings. The van der Waals surface area contributed by atoms with Gasteiger partial charge in [0.25, 0.3) is 0 Å². The number of pyridine rings is 1. The lowest BCUT2D eigenvalue weighted by atomic mass is 10.2. The van der Waals surface area contributed by atoms with Gasteiger partial charge in [-0.15, -0.1) is 0 Å². The highest BCUT2D eigenvalue weighted by atomic mass is 16.4. The molecule has 0 aliphatic heterocycles. The summed E-state index contributed by atoms with van der Waals surface area (Å²) in [6, 6.07) is 4.08. The molecular weight excluding hydrogens is 204 g/mol. The van der Waals surface area contributed by atoms with Crippen LogP contribution in [0, 0.1) is 0 Å². The Bertz CT molecular complexity index is 335. The van der Waals surface area contributed by atoms with Crippen LogP contribution in [0.1, 0.15) is 32.3 Å². The molecule has 88 valence electrons. The van der Waals surface area contributed by atoms with E-state index in [1.54, 1.807) is 0 Å². The third-order valence-corrected chi connectivity index (χ3v) is 2.42. The summed E-state index contributed by atoms with van der Waals surface area (Å²) in [6.45, 7) is 4.04. The van der Waals surface area contributed by atoms with Crippen molar-refractivity contribution in [3.63, 3.8) is 0 Å². The zero-order valence-corrected chi connectivity index (χ0v) is 9.73. The van der Waals surface area contributed by atoms with Crippen molar-refractivity contribution in [2.45, 2.75) is 39.2 Å². The molecule has 0 bridgehead atoms. The van der Waals surface area contributed by atoms with Gasteiger partial charge in [0.05, 0.1) is 0 Å². The Hall–Kier alpha value is -1.58. The van der Waals surface area contributed by atoms with Crippen molar-refractivity contribution in [3.8, 4) is 0 Å². The van der Waals surface area contributed by atoms with Gasteiger partial charge in [0, 0.05) is 18.7 Å². The van der Waals surface area contributed by atoms with Crippen molar-refractivity contribution < 1.29 is 9.90 Å². The molecule has 4 nitrogen and oxygen atoms in total. The average molecular weight is 222 g/mol. The topological polar surface area (TPSA) is 62.2 Å². The number of anilines is 1. The molecule has 4 heteroatoms. The molecule has 0 fully saturated rings. The molecule has 0 radical (unpaired) electrons. The summed E-state index contributed by atoms with van der Waals surface area (Å²) in [6.07, 6.45) is 3.60. The number of aromatic nitrogens is 1. The van der Waals surface area contributed by atoms with E-state index in [9.17, 15) is 4.79 Å². The largest absolute Gasteiger partial charge is 0.481 e. The molecule has 1 aromatic heterocycles. The Morgan fingerprint density at radius 2 is 2.31 bits per heavy atom. The Balaban J connectivity index is 2.43. The third-order valence-electron chi connectivity index (χ3n) is 2.42. The first-order chi connectivity index (χ1) is 7.61. The van der Waals surface area contributed by atoms with Gasteiger partial charge in [-0.25, -0.2) is 4.98 Å². The normalized spacial score (nSPS) is 12.1. The van der Waals surface area contributed by atoms with Crippen LogP contribution in [0.4, 0.5) is 5.82 Å². The number of carboxylic acids is 1. The molecule has 0 amide bonds. The number of carboxylic acid groups (broad SMARTS) is 1. The van der Waals surface area contributed by atoms with E-state index in [0.717, 1.165) is 12.2 Å². The summed E-state index contributed by atoms with van der Waals surface area (Å²) < 4.78 is 0. The third kappa shape index (κ3) is 4.29. The summed E-state index contributed by atoms with van der Waals surface area (Å²) in [5.41, 5.74) is 1.20. The van der Waals surface area contributed by atoms with Gasteiger partial charge in [0.2, 0.25) is 0 Å². The van der Waals surface area contributed by atoms with Crippen molar-refractivity contribution in [1.29, 1.82) is 0 Å². The van der Waals surface area contributed by atoms with Crippen molar-refractivity contribution in [1.82, 2.24) is 4.98 Å². The van der Waals surface area contributed by atoms with E-state index in [-0.39, 0.29) is 12.5 Å². The maximum absolute atomic E-state index is 10.4. The number of aryl methyl sites for hydroxylation is 1. The van der Waals surface area contributed by atoms with Crippen molar-refractivity contribution in [2.75, 3.05) is 5.32 Å². The molecule has 16 heavy (non-hydrogen) atoms. The van der Waals surface area contributed by atoms with E-state index in [1.807, 2.05) is 25.3 Å². The fraction of sp³-hybridized carbons (Fsp3) is 0.500. The molecule has 1 atom stereocenters. The predicted octanol–water partition coefficient (Wildman–Crippen LogP) is 2.31. The highest BCUT2D eigenvalue weighted by Gasteiger charge is 2.05. The zero-order chi connectivity index (χ0) is 12.0. The predicted molar refractivity (Wildman–Crippen MR) is 63.6 cm³/mol. The van der Waals surface area contributed by atoms with Crippen LogP contribution in [-0.4, -0.2) is 22.1 Å². The van der Waals surface area contributed by atoms with Crippen LogP contribution in [-0.2, 0) is 11.2 Å². The van der Waals surface area contributed by atoms with Crippen LogP contribution >= 0.6 is 0 Å². The Labute approximate surface area is 95.7 Å². The number of carbonyl (C=O) groups is 1.